The summed E-state index contributed by atoms with van der Waals surface area (Å²) in [5.74, 6) is 0.321. The standard InChI is InChI=1S/C17H18FN3O/c1-11(22)20-7-5-12(6-8-20)17-16-13(3-2-4-14(16)18)15-9-19-10-21(15)17/h2-4,9-10,12,17H,5-8H2,1H3. The van der Waals surface area contributed by atoms with E-state index in [2.05, 4.69) is 9.55 Å². The number of piperidine rings is 1. The number of likely N-dealkylation sites (tertiary alicyclic amines) is 1. The Kier molecular flexibility index (Phi) is 3.03. The van der Waals surface area contributed by atoms with Crippen LogP contribution in [0.4, 0.5) is 4.39 Å². The van der Waals surface area contributed by atoms with E-state index < -0.39 is 0 Å². The van der Waals surface area contributed by atoms with Crippen LogP contribution >= 0.6 is 0 Å². The molecule has 0 spiro atoms. The van der Waals surface area contributed by atoms with Crippen LogP contribution in [0, 0.1) is 11.7 Å². The first-order valence-electron chi connectivity index (χ1n) is 7.73. The Bertz CT molecular complexity index is 731. The van der Waals surface area contributed by atoms with Gasteiger partial charge >= 0.3 is 0 Å². The van der Waals surface area contributed by atoms with E-state index in [0.29, 0.717) is 5.92 Å². The molecule has 4 nitrogen and oxygen atoms in total. The summed E-state index contributed by atoms with van der Waals surface area (Å²) >= 11 is 0. The Hall–Kier alpha value is -2.17. The third-order valence-corrected chi connectivity index (χ3v) is 5.02. The normalized spacial score (nSPS) is 20.8. The Morgan fingerprint density at radius 1 is 1.32 bits per heavy atom. The fourth-order valence-corrected chi connectivity index (χ4v) is 3.93. The second-order valence-electron chi connectivity index (χ2n) is 6.18. The van der Waals surface area contributed by atoms with Crippen LogP contribution in [0.3, 0.4) is 0 Å². The molecule has 0 saturated carbocycles. The molecule has 0 N–H and O–H groups in total. The zero-order valence-electron chi connectivity index (χ0n) is 12.5. The van der Waals surface area contributed by atoms with E-state index in [9.17, 15) is 9.18 Å². The van der Waals surface area contributed by atoms with E-state index in [4.69, 9.17) is 0 Å². The number of benzene rings is 1. The van der Waals surface area contributed by atoms with Crippen molar-refractivity contribution in [2.45, 2.75) is 25.8 Å². The molecule has 1 fully saturated rings. The molecule has 114 valence electrons. The van der Waals surface area contributed by atoms with Crippen molar-refractivity contribution in [2.75, 3.05) is 13.1 Å². The number of hydrogen-bond acceptors (Lipinski definition) is 2. The highest BCUT2D eigenvalue weighted by Gasteiger charge is 2.38. The number of fused-ring (bicyclic) bond motifs is 3. The quantitative estimate of drug-likeness (QED) is 0.812. The fourth-order valence-electron chi connectivity index (χ4n) is 3.93. The minimum absolute atomic E-state index is 0.00260. The summed E-state index contributed by atoms with van der Waals surface area (Å²) in [5, 5.41) is 0. The van der Waals surface area contributed by atoms with Gasteiger partial charge in [0.15, 0.2) is 0 Å². The van der Waals surface area contributed by atoms with Gasteiger partial charge in [-0.2, -0.15) is 0 Å². The largest absolute Gasteiger partial charge is 0.343 e. The Balaban J connectivity index is 1.70. The molecule has 0 bridgehead atoms. The first-order valence-corrected chi connectivity index (χ1v) is 7.73. The minimum Gasteiger partial charge on any atom is -0.343 e. The molecule has 1 aromatic carbocycles. The van der Waals surface area contributed by atoms with Gasteiger partial charge in [-0.1, -0.05) is 12.1 Å². The molecule has 1 saturated heterocycles. The maximum absolute atomic E-state index is 14.4. The smallest absolute Gasteiger partial charge is 0.219 e. The molecule has 2 aliphatic rings. The van der Waals surface area contributed by atoms with Gasteiger partial charge in [-0.3, -0.25) is 4.79 Å². The second-order valence-corrected chi connectivity index (χ2v) is 6.18. The highest BCUT2D eigenvalue weighted by Crippen LogP contribution is 2.46. The van der Waals surface area contributed by atoms with Gasteiger partial charge in [0.05, 0.1) is 24.3 Å². The van der Waals surface area contributed by atoms with Crippen LogP contribution < -0.4 is 0 Å². The molecule has 4 rings (SSSR count). The molecular weight excluding hydrogens is 281 g/mol. The van der Waals surface area contributed by atoms with Crippen LogP contribution in [-0.4, -0.2) is 33.4 Å². The Labute approximate surface area is 128 Å². The number of amides is 1. The summed E-state index contributed by atoms with van der Waals surface area (Å²) < 4.78 is 16.5. The number of hydrogen-bond donors (Lipinski definition) is 0. The lowest BCUT2D eigenvalue weighted by molar-refractivity contribution is -0.130. The maximum atomic E-state index is 14.4. The fraction of sp³-hybridized carbons (Fsp3) is 0.412. The number of rotatable bonds is 1. The van der Waals surface area contributed by atoms with Gasteiger partial charge in [0.25, 0.3) is 0 Å². The summed E-state index contributed by atoms with van der Waals surface area (Å²) in [6, 6.07) is 5.27. The zero-order valence-corrected chi connectivity index (χ0v) is 12.5. The van der Waals surface area contributed by atoms with Crippen molar-refractivity contribution in [1.82, 2.24) is 14.5 Å². The first kappa shape index (κ1) is 13.5. The number of halogens is 1. The van der Waals surface area contributed by atoms with Crippen LogP contribution in [0.2, 0.25) is 0 Å². The van der Waals surface area contributed by atoms with Crippen molar-refractivity contribution >= 4 is 5.91 Å². The average Bonchev–Trinajstić information content (AvgIpc) is 3.09. The molecule has 1 atom stereocenters. The van der Waals surface area contributed by atoms with Crippen LogP contribution in [0.15, 0.2) is 30.7 Å². The second kappa shape index (κ2) is 4.93. The molecular formula is C17H18FN3O. The molecule has 1 unspecified atom stereocenters. The third kappa shape index (κ3) is 1.88. The molecule has 3 heterocycles. The SMILES string of the molecule is CC(=O)N1CCC(C2c3c(F)cccc3-c3cncn32)CC1. The first-order chi connectivity index (χ1) is 10.7. The minimum atomic E-state index is -0.139. The summed E-state index contributed by atoms with van der Waals surface area (Å²) in [6.07, 6.45) is 5.41. The zero-order chi connectivity index (χ0) is 15.3. The molecule has 2 aromatic rings. The lowest BCUT2D eigenvalue weighted by Gasteiger charge is -2.35. The lowest BCUT2D eigenvalue weighted by atomic mass is 9.85. The van der Waals surface area contributed by atoms with Crippen molar-refractivity contribution in [1.29, 1.82) is 0 Å². The molecule has 22 heavy (non-hydrogen) atoms. The van der Waals surface area contributed by atoms with Gasteiger partial charge in [0.2, 0.25) is 5.91 Å². The molecule has 0 aliphatic carbocycles. The molecule has 0 radical (unpaired) electrons. The van der Waals surface area contributed by atoms with Crippen molar-refractivity contribution in [2.24, 2.45) is 5.92 Å². The number of carbonyl (C=O) groups excluding carboxylic acids is 1. The van der Waals surface area contributed by atoms with E-state index >= 15 is 0 Å². The molecule has 1 aromatic heterocycles. The highest BCUT2D eigenvalue weighted by molar-refractivity contribution is 5.73. The monoisotopic (exact) mass is 299 g/mol. The summed E-state index contributed by atoms with van der Waals surface area (Å²) in [7, 11) is 0. The molecule has 1 amide bonds. The van der Waals surface area contributed by atoms with Crippen LogP contribution in [-0.2, 0) is 4.79 Å². The van der Waals surface area contributed by atoms with Crippen LogP contribution in [0.1, 0.15) is 31.4 Å². The van der Waals surface area contributed by atoms with E-state index in [1.54, 1.807) is 19.3 Å². The van der Waals surface area contributed by atoms with E-state index in [1.807, 2.05) is 17.2 Å². The number of carbonyl (C=O) groups is 1. The summed E-state index contributed by atoms with van der Waals surface area (Å²) in [4.78, 5) is 17.6. The van der Waals surface area contributed by atoms with Gasteiger partial charge < -0.3 is 9.47 Å². The van der Waals surface area contributed by atoms with Gasteiger partial charge in [-0.05, 0) is 24.8 Å². The average molecular weight is 299 g/mol. The summed E-state index contributed by atoms with van der Waals surface area (Å²) in [6.45, 7) is 3.12. The predicted octanol–water partition coefficient (Wildman–Crippen LogP) is 2.85. The van der Waals surface area contributed by atoms with E-state index in [1.165, 1.54) is 6.07 Å². The van der Waals surface area contributed by atoms with E-state index in [0.717, 1.165) is 42.8 Å². The van der Waals surface area contributed by atoms with Crippen molar-refractivity contribution in [3.8, 4) is 11.3 Å². The summed E-state index contributed by atoms with van der Waals surface area (Å²) in [5.41, 5.74) is 2.74. The number of imidazole rings is 1. The lowest BCUT2D eigenvalue weighted by Crippen LogP contribution is -2.39. The van der Waals surface area contributed by atoms with Gasteiger partial charge in [0.1, 0.15) is 5.82 Å². The molecule has 5 heteroatoms. The molecule has 2 aliphatic heterocycles. The number of aromatic nitrogens is 2. The maximum Gasteiger partial charge on any atom is 0.219 e. The Morgan fingerprint density at radius 2 is 2.09 bits per heavy atom. The topological polar surface area (TPSA) is 38.1 Å². The van der Waals surface area contributed by atoms with Crippen molar-refractivity contribution in [3.05, 3.63) is 42.1 Å². The Morgan fingerprint density at radius 3 is 2.82 bits per heavy atom. The third-order valence-electron chi connectivity index (χ3n) is 5.02. The van der Waals surface area contributed by atoms with Gasteiger partial charge in [-0.15, -0.1) is 0 Å². The number of nitrogens with zero attached hydrogens (tertiary/aromatic N) is 3. The van der Waals surface area contributed by atoms with Gasteiger partial charge in [0, 0.05) is 31.1 Å². The van der Waals surface area contributed by atoms with Crippen molar-refractivity contribution in [3.63, 3.8) is 0 Å². The van der Waals surface area contributed by atoms with Crippen LogP contribution in [0.5, 0.6) is 0 Å². The van der Waals surface area contributed by atoms with E-state index in [-0.39, 0.29) is 17.8 Å². The van der Waals surface area contributed by atoms with Crippen LogP contribution in [0.25, 0.3) is 11.3 Å². The van der Waals surface area contributed by atoms with Gasteiger partial charge in [-0.25, -0.2) is 9.37 Å². The highest BCUT2D eigenvalue weighted by atomic mass is 19.1. The predicted molar refractivity (Wildman–Crippen MR) is 80.7 cm³/mol. The van der Waals surface area contributed by atoms with Crippen molar-refractivity contribution < 1.29 is 9.18 Å².